The van der Waals surface area contributed by atoms with Crippen LogP contribution in [0.2, 0.25) is 0 Å². The molecule has 0 aromatic carbocycles. The first kappa shape index (κ1) is 42.6. The number of nitrogens with two attached hydrogens (primary N) is 3. The number of guanidine groups is 2. The van der Waals surface area contributed by atoms with Crippen molar-refractivity contribution in [2.45, 2.75) is 142 Å². The Labute approximate surface area is 321 Å². The number of fused-ring (bicyclic) bond motifs is 5. The minimum Gasteiger partial charge on any atom is -0.461 e. The molecular formula is C39H70N8O3S2. The molecule has 0 saturated heterocycles. The Balaban J connectivity index is 1.15. The minimum atomic E-state index is -0.691. The first-order valence-corrected chi connectivity index (χ1v) is 22.6. The summed E-state index contributed by atoms with van der Waals surface area (Å²) in [4.78, 5) is 25.7. The van der Waals surface area contributed by atoms with Crippen molar-refractivity contribution in [1.29, 1.82) is 10.8 Å². The van der Waals surface area contributed by atoms with Crippen LogP contribution >= 0.6 is 21.6 Å². The molecule has 0 aromatic rings. The zero-order chi connectivity index (χ0) is 37.9. The topological polar surface area (TPSA) is 205 Å². The van der Waals surface area contributed by atoms with E-state index in [1.807, 2.05) is 0 Å². The molecule has 9 atom stereocenters. The summed E-state index contributed by atoms with van der Waals surface area (Å²) in [5.41, 5.74) is 19.3. The zero-order valence-electron chi connectivity index (χ0n) is 32.4. The summed E-state index contributed by atoms with van der Waals surface area (Å²) >= 11 is 0. The van der Waals surface area contributed by atoms with Crippen LogP contribution in [-0.4, -0.2) is 66.6 Å². The van der Waals surface area contributed by atoms with Gasteiger partial charge in [0, 0.05) is 31.0 Å². The van der Waals surface area contributed by atoms with Crippen molar-refractivity contribution in [3.63, 3.8) is 0 Å². The van der Waals surface area contributed by atoms with Gasteiger partial charge in [-0.3, -0.25) is 20.4 Å². The number of nitrogens with one attached hydrogen (secondary N) is 5. The third-order valence-electron chi connectivity index (χ3n) is 13.1. The maximum Gasteiger partial charge on any atom is 0.324 e. The lowest BCUT2D eigenvalue weighted by Gasteiger charge is -2.58. The Hall–Kier alpha value is -2.12. The van der Waals surface area contributed by atoms with Crippen molar-refractivity contribution in [3.05, 3.63) is 11.6 Å². The van der Waals surface area contributed by atoms with E-state index in [0.717, 1.165) is 55.3 Å². The summed E-state index contributed by atoms with van der Waals surface area (Å²) in [6.07, 6.45) is 19.6. The minimum absolute atomic E-state index is 0.0814. The van der Waals surface area contributed by atoms with Crippen LogP contribution in [0.5, 0.6) is 0 Å². The maximum atomic E-state index is 13.0. The monoisotopic (exact) mass is 763 g/mol. The number of esters is 1. The van der Waals surface area contributed by atoms with E-state index < -0.39 is 12.1 Å². The molecule has 4 aliphatic rings. The van der Waals surface area contributed by atoms with E-state index in [-0.39, 0.29) is 35.3 Å². The summed E-state index contributed by atoms with van der Waals surface area (Å²) in [5.74, 6) is 4.33. The molecule has 296 valence electrons. The van der Waals surface area contributed by atoms with Crippen molar-refractivity contribution in [2.75, 3.05) is 24.6 Å². The Morgan fingerprint density at radius 2 is 1.71 bits per heavy atom. The van der Waals surface area contributed by atoms with Crippen LogP contribution in [0.25, 0.3) is 0 Å². The van der Waals surface area contributed by atoms with Gasteiger partial charge in [0.15, 0.2) is 11.9 Å². The first-order valence-electron chi connectivity index (χ1n) is 20.1. The Morgan fingerprint density at radius 3 is 2.44 bits per heavy atom. The number of hydrogen-bond donors (Lipinski definition) is 8. The van der Waals surface area contributed by atoms with Gasteiger partial charge in [0.05, 0.1) is 0 Å². The van der Waals surface area contributed by atoms with Crippen LogP contribution in [0.1, 0.15) is 124 Å². The van der Waals surface area contributed by atoms with Gasteiger partial charge in [-0.2, -0.15) is 0 Å². The molecule has 11 N–H and O–H groups in total. The molecule has 4 aliphatic carbocycles. The molecule has 0 heterocycles. The van der Waals surface area contributed by atoms with Gasteiger partial charge in [-0.25, -0.2) is 0 Å². The number of hydrogen-bond acceptors (Lipinski definition) is 8. The van der Waals surface area contributed by atoms with Gasteiger partial charge in [-0.15, -0.1) is 0 Å². The van der Waals surface area contributed by atoms with Gasteiger partial charge < -0.3 is 37.9 Å². The van der Waals surface area contributed by atoms with E-state index in [9.17, 15) is 9.59 Å². The lowest BCUT2D eigenvalue weighted by Crippen LogP contribution is -2.50. The van der Waals surface area contributed by atoms with Crippen molar-refractivity contribution in [3.8, 4) is 0 Å². The van der Waals surface area contributed by atoms with Crippen LogP contribution in [0.4, 0.5) is 0 Å². The van der Waals surface area contributed by atoms with E-state index in [0.29, 0.717) is 42.9 Å². The summed E-state index contributed by atoms with van der Waals surface area (Å²) in [6, 6.07) is -1.30. The van der Waals surface area contributed by atoms with Crippen molar-refractivity contribution in [2.24, 2.45) is 57.6 Å². The molecule has 1 amide bonds. The SMILES string of the molecule is CC(C)CCCCC1CCC2C3CC=C4CC(OC(=O)C(N)CSSCCNC(=O)C(CCCCNC(=N)N)NC(=N)N)CCC4(C)C3CCC12C. The molecule has 3 saturated carbocycles. The molecule has 0 spiro atoms. The van der Waals surface area contributed by atoms with Gasteiger partial charge in [-0.05, 0) is 111 Å². The van der Waals surface area contributed by atoms with E-state index in [1.54, 1.807) is 10.8 Å². The molecule has 0 aliphatic heterocycles. The largest absolute Gasteiger partial charge is 0.461 e. The summed E-state index contributed by atoms with van der Waals surface area (Å²) < 4.78 is 6.03. The lowest BCUT2D eigenvalue weighted by atomic mass is 9.47. The fraction of sp³-hybridized carbons (Fsp3) is 0.846. The van der Waals surface area contributed by atoms with Crippen LogP contribution < -0.4 is 33.2 Å². The molecule has 0 bridgehead atoms. The molecule has 11 nitrogen and oxygen atoms in total. The van der Waals surface area contributed by atoms with Gasteiger partial charge in [0.2, 0.25) is 5.91 Å². The fourth-order valence-corrected chi connectivity index (χ4v) is 12.3. The van der Waals surface area contributed by atoms with Crippen LogP contribution in [0.15, 0.2) is 11.6 Å². The maximum absolute atomic E-state index is 13.0. The highest BCUT2D eigenvalue weighted by Gasteiger charge is 2.58. The van der Waals surface area contributed by atoms with E-state index in [2.05, 4.69) is 49.7 Å². The number of carbonyl (C=O) groups is 2. The highest BCUT2D eigenvalue weighted by Crippen LogP contribution is 2.66. The highest BCUT2D eigenvalue weighted by molar-refractivity contribution is 8.76. The zero-order valence-corrected chi connectivity index (χ0v) is 34.0. The average molecular weight is 763 g/mol. The molecule has 0 radical (unpaired) electrons. The number of allylic oxidation sites excluding steroid dienone is 1. The predicted octanol–water partition coefficient (Wildman–Crippen LogP) is 6.02. The van der Waals surface area contributed by atoms with Gasteiger partial charge in [0.25, 0.3) is 0 Å². The number of ether oxygens (including phenoxy) is 1. The normalized spacial score (nSPS) is 30.6. The summed E-state index contributed by atoms with van der Waals surface area (Å²) in [5, 5.41) is 23.1. The average Bonchev–Trinajstić information content (AvgIpc) is 3.43. The molecular weight excluding hydrogens is 693 g/mol. The number of unbranched alkanes of at least 4 members (excludes halogenated alkanes) is 2. The Bertz CT molecular complexity index is 1250. The second-order valence-electron chi connectivity index (χ2n) is 17.0. The van der Waals surface area contributed by atoms with Crippen molar-refractivity contribution >= 4 is 45.4 Å². The first-order chi connectivity index (χ1) is 24.7. The molecule has 3 fully saturated rings. The summed E-state index contributed by atoms with van der Waals surface area (Å²) in [7, 11) is 3.07. The van der Waals surface area contributed by atoms with E-state index >= 15 is 0 Å². The highest BCUT2D eigenvalue weighted by atomic mass is 33.1. The lowest BCUT2D eigenvalue weighted by molar-refractivity contribution is -0.152. The van der Waals surface area contributed by atoms with Gasteiger partial charge >= 0.3 is 5.97 Å². The Kier molecular flexibility index (Phi) is 16.4. The molecule has 0 aromatic heterocycles. The third kappa shape index (κ3) is 11.4. The molecule has 13 heteroatoms. The molecule has 9 unspecified atom stereocenters. The quantitative estimate of drug-likeness (QED) is 0.0181. The van der Waals surface area contributed by atoms with Crippen LogP contribution in [-0.2, 0) is 14.3 Å². The fourth-order valence-electron chi connectivity index (χ4n) is 10.2. The van der Waals surface area contributed by atoms with Crippen molar-refractivity contribution < 1.29 is 14.3 Å². The van der Waals surface area contributed by atoms with Crippen molar-refractivity contribution in [1.82, 2.24) is 16.0 Å². The Morgan fingerprint density at radius 1 is 0.942 bits per heavy atom. The number of amides is 1. The van der Waals surface area contributed by atoms with Crippen LogP contribution in [0.3, 0.4) is 0 Å². The third-order valence-corrected chi connectivity index (χ3v) is 15.6. The van der Waals surface area contributed by atoms with E-state index in [1.165, 1.54) is 74.2 Å². The number of rotatable bonds is 20. The van der Waals surface area contributed by atoms with Crippen LogP contribution in [0, 0.1) is 51.2 Å². The smallest absolute Gasteiger partial charge is 0.324 e. The predicted molar refractivity (Wildman–Crippen MR) is 217 cm³/mol. The van der Waals surface area contributed by atoms with E-state index in [4.69, 9.17) is 32.8 Å². The number of carbonyl (C=O) groups excluding carboxylic acids is 2. The second kappa shape index (κ2) is 20.0. The standard InChI is InChI=1S/C39H70N8O3S2/c1-25(2)9-5-6-10-26-13-15-30-29-14-12-27-23-28(16-18-39(27,4)31(29)17-19-38(26,30)3)50-35(49)32(40)24-52-51-22-21-45-34(48)33(47-37(43)44)11-7-8-20-46-36(41)42/h12,25-26,28-33H,5-11,13-24,40H2,1-4H3,(H,45,48)(H4,41,42,46)(H4,43,44,47). The summed E-state index contributed by atoms with van der Waals surface area (Å²) in [6.45, 7) is 10.8. The second-order valence-corrected chi connectivity index (χ2v) is 19.6. The van der Waals surface area contributed by atoms with Gasteiger partial charge in [0.1, 0.15) is 18.2 Å². The molecule has 52 heavy (non-hydrogen) atoms. The molecule has 4 rings (SSSR count). The van der Waals surface area contributed by atoms with Gasteiger partial charge in [-0.1, -0.05) is 80.2 Å².